The minimum Gasteiger partial charge on any atom is -0.277 e. The van der Waals surface area contributed by atoms with E-state index in [0.29, 0.717) is 5.17 Å². The Balaban J connectivity index is 1.94. The number of halogens is 1. The zero-order chi connectivity index (χ0) is 13.8. The molecular weight excluding hydrogens is 268 g/mol. The van der Waals surface area contributed by atoms with Gasteiger partial charge in [-0.15, -0.1) is 0 Å². The summed E-state index contributed by atoms with van der Waals surface area (Å²) in [4.78, 5) is 0. The van der Waals surface area contributed by atoms with E-state index in [1.54, 1.807) is 0 Å². The van der Waals surface area contributed by atoms with E-state index in [0.717, 1.165) is 22.0 Å². The summed E-state index contributed by atoms with van der Waals surface area (Å²) < 4.78 is 0. The van der Waals surface area contributed by atoms with Crippen LogP contribution in [0.3, 0.4) is 0 Å². The highest BCUT2D eigenvalue weighted by Crippen LogP contribution is 2.20. The maximum absolute atomic E-state index is 6.32. The molecule has 2 nitrogen and oxygen atoms in total. The molecule has 0 amide bonds. The van der Waals surface area contributed by atoms with Crippen molar-refractivity contribution in [3.05, 3.63) is 78.4 Å². The van der Waals surface area contributed by atoms with Crippen molar-refractivity contribution in [3.8, 4) is 0 Å². The number of para-hydroxylation sites is 1. The number of nitrogens with one attached hydrogen (secondary N) is 1. The number of anilines is 1. The number of nitrogens with zero attached hydrogens (tertiary/aromatic N) is 1. The zero-order valence-corrected chi connectivity index (χ0v) is 11.5. The first kappa shape index (κ1) is 12.7. The number of hydrogen-bond donors (Lipinski definition) is 1. The highest BCUT2D eigenvalue weighted by atomic mass is 35.5. The summed E-state index contributed by atoms with van der Waals surface area (Å²) in [5.41, 5.74) is 4.80. The molecule has 20 heavy (non-hydrogen) atoms. The number of rotatable bonds is 3. The normalized spacial score (nSPS) is 11.6. The van der Waals surface area contributed by atoms with Crippen LogP contribution in [0, 0.1) is 0 Å². The molecule has 0 aliphatic rings. The SMILES string of the molecule is Cl/C(=N\Nc1ccccc1)c1cccc2ccccc12. The lowest BCUT2D eigenvalue weighted by Crippen LogP contribution is -1.98. The smallest absolute Gasteiger partial charge is 0.157 e. The maximum atomic E-state index is 6.32. The molecule has 0 atom stereocenters. The molecule has 0 spiro atoms. The van der Waals surface area contributed by atoms with Crippen LogP contribution in [0.4, 0.5) is 5.69 Å². The molecule has 1 N–H and O–H groups in total. The van der Waals surface area contributed by atoms with Gasteiger partial charge in [0.1, 0.15) is 0 Å². The van der Waals surface area contributed by atoms with Gasteiger partial charge in [-0.05, 0) is 22.9 Å². The van der Waals surface area contributed by atoms with Gasteiger partial charge in [0.2, 0.25) is 0 Å². The van der Waals surface area contributed by atoms with Gasteiger partial charge in [0.25, 0.3) is 0 Å². The Hall–Kier alpha value is -2.32. The third kappa shape index (κ3) is 2.65. The second-order valence-electron chi connectivity index (χ2n) is 4.41. The van der Waals surface area contributed by atoms with Gasteiger partial charge >= 0.3 is 0 Å². The van der Waals surface area contributed by atoms with Gasteiger partial charge in [-0.2, -0.15) is 5.10 Å². The summed E-state index contributed by atoms with van der Waals surface area (Å²) in [5, 5.41) is 6.94. The molecule has 98 valence electrons. The van der Waals surface area contributed by atoms with Crippen LogP contribution >= 0.6 is 11.6 Å². The predicted molar refractivity (Wildman–Crippen MR) is 86.4 cm³/mol. The monoisotopic (exact) mass is 280 g/mol. The fraction of sp³-hybridized carbons (Fsp3) is 0. The third-order valence-corrected chi connectivity index (χ3v) is 3.36. The molecular formula is C17H13ClN2. The lowest BCUT2D eigenvalue weighted by Gasteiger charge is -2.05. The molecule has 3 aromatic carbocycles. The minimum absolute atomic E-state index is 0.450. The molecule has 0 bridgehead atoms. The van der Waals surface area contributed by atoms with E-state index >= 15 is 0 Å². The molecule has 3 rings (SSSR count). The Labute approximate surface area is 122 Å². The maximum Gasteiger partial charge on any atom is 0.157 e. The Morgan fingerprint density at radius 2 is 1.50 bits per heavy atom. The molecule has 0 aromatic heterocycles. The molecule has 3 heteroatoms. The van der Waals surface area contributed by atoms with Crippen molar-refractivity contribution in [2.75, 3.05) is 5.43 Å². The molecule has 3 aromatic rings. The summed E-state index contributed by atoms with van der Waals surface area (Å²) in [7, 11) is 0. The first-order valence-corrected chi connectivity index (χ1v) is 6.75. The van der Waals surface area contributed by atoms with Crippen LogP contribution in [-0.4, -0.2) is 5.17 Å². The van der Waals surface area contributed by atoms with Crippen molar-refractivity contribution in [2.24, 2.45) is 5.10 Å². The summed E-state index contributed by atoms with van der Waals surface area (Å²) >= 11 is 6.32. The van der Waals surface area contributed by atoms with Gasteiger partial charge in [0.05, 0.1) is 5.69 Å². The molecule has 0 unspecified atom stereocenters. The first-order chi connectivity index (χ1) is 9.84. The summed E-state index contributed by atoms with van der Waals surface area (Å²) in [6, 6.07) is 23.9. The molecule has 0 heterocycles. The van der Waals surface area contributed by atoms with Gasteiger partial charge in [0.15, 0.2) is 5.17 Å². The average molecular weight is 281 g/mol. The second kappa shape index (κ2) is 5.76. The molecule has 0 aliphatic carbocycles. The second-order valence-corrected chi connectivity index (χ2v) is 4.77. The zero-order valence-electron chi connectivity index (χ0n) is 10.8. The highest BCUT2D eigenvalue weighted by molar-refractivity contribution is 6.70. The van der Waals surface area contributed by atoms with Gasteiger partial charge in [0, 0.05) is 5.56 Å². The molecule has 0 fully saturated rings. The van der Waals surface area contributed by atoms with Crippen molar-refractivity contribution < 1.29 is 0 Å². The minimum atomic E-state index is 0.450. The van der Waals surface area contributed by atoms with E-state index < -0.39 is 0 Å². The molecule has 0 saturated heterocycles. The number of hydrazone groups is 1. The van der Waals surface area contributed by atoms with E-state index in [4.69, 9.17) is 11.6 Å². The third-order valence-electron chi connectivity index (χ3n) is 3.07. The number of hydrogen-bond acceptors (Lipinski definition) is 2. The van der Waals surface area contributed by atoms with Gasteiger partial charge in [-0.3, -0.25) is 5.43 Å². The first-order valence-electron chi connectivity index (χ1n) is 6.37. The van der Waals surface area contributed by atoms with E-state index in [2.05, 4.69) is 22.7 Å². The van der Waals surface area contributed by atoms with Crippen LogP contribution in [-0.2, 0) is 0 Å². The van der Waals surface area contributed by atoms with Crippen molar-refractivity contribution in [2.45, 2.75) is 0 Å². The predicted octanol–water partition coefficient (Wildman–Crippen LogP) is 4.85. The average Bonchev–Trinajstić information content (AvgIpc) is 2.53. The highest BCUT2D eigenvalue weighted by Gasteiger charge is 2.05. The Morgan fingerprint density at radius 1 is 0.800 bits per heavy atom. The van der Waals surface area contributed by atoms with Gasteiger partial charge < -0.3 is 0 Å². The standard InChI is InChI=1S/C17H13ClN2/c18-17(20-19-14-9-2-1-3-10-14)16-12-6-8-13-7-4-5-11-15(13)16/h1-12,19H/b20-17-. The largest absolute Gasteiger partial charge is 0.277 e. The summed E-state index contributed by atoms with van der Waals surface area (Å²) in [6.07, 6.45) is 0. The topological polar surface area (TPSA) is 24.4 Å². The lowest BCUT2D eigenvalue weighted by molar-refractivity contribution is 1.35. The summed E-state index contributed by atoms with van der Waals surface area (Å²) in [5.74, 6) is 0. The van der Waals surface area contributed by atoms with Crippen LogP contribution in [0.25, 0.3) is 10.8 Å². The van der Waals surface area contributed by atoms with Crippen LogP contribution in [0.5, 0.6) is 0 Å². The fourth-order valence-corrected chi connectivity index (χ4v) is 2.30. The quantitative estimate of drug-likeness (QED) is 0.538. The van der Waals surface area contributed by atoms with Crippen molar-refractivity contribution in [3.63, 3.8) is 0 Å². The molecule has 0 saturated carbocycles. The van der Waals surface area contributed by atoms with Crippen LogP contribution < -0.4 is 5.43 Å². The van der Waals surface area contributed by atoms with Gasteiger partial charge in [-0.1, -0.05) is 72.3 Å². The van der Waals surface area contributed by atoms with Crippen molar-refractivity contribution in [1.82, 2.24) is 0 Å². The van der Waals surface area contributed by atoms with Crippen LogP contribution in [0.2, 0.25) is 0 Å². The number of fused-ring (bicyclic) bond motifs is 1. The number of benzene rings is 3. The van der Waals surface area contributed by atoms with E-state index in [1.165, 1.54) is 0 Å². The Kier molecular flexibility index (Phi) is 3.66. The van der Waals surface area contributed by atoms with Crippen LogP contribution in [0.15, 0.2) is 77.9 Å². The van der Waals surface area contributed by atoms with E-state index in [9.17, 15) is 0 Å². The van der Waals surface area contributed by atoms with Crippen molar-refractivity contribution in [1.29, 1.82) is 0 Å². The fourth-order valence-electron chi connectivity index (χ4n) is 2.09. The molecule has 0 aliphatic heterocycles. The summed E-state index contributed by atoms with van der Waals surface area (Å²) in [6.45, 7) is 0. The van der Waals surface area contributed by atoms with E-state index in [1.807, 2.05) is 60.7 Å². The van der Waals surface area contributed by atoms with Gasteiger partial charge in [-0.25, -0.2) is 0 Å². The van der Waals surface area contributed by atoms with Crippen LogP contribution in [0.1, 0.15) is 5.56 Å². The Bertz CT molecular complexity index is 746. The Morgan fingerprint density at radius 3 is 2.35 bits per heavy atom. The van der Waals surface area contributed by atoms with E-state index in [-0.39, 0.29) is 0 Å². The molecule has 0 radical (unpaired) electrons. The van der Waals surface area contributed by atoms with Crippen molar-refractivity contribution >= 4 is 33.2 Å². The lowest BCUT2D eigenvalue weighted by atomic mass is 10.1.